The van der Waals surface area contributed by atoms with Gasteiger partial charge in [-0.15, -0.1) is 16.8 Å². The van der Waals surface area contributed by atoms with Crippen LogP contribution < -0.4 is 10.6 Å². The van der Waals surface area contributed by atoms with Crippen LogP contribution in [0.15, 0.2) is 36.0 Å². The van der Waals surface area contributed by atoms with E-state index < -0.39 is 0 Å². The molecule has 0 saturated carbocycles. The summed E-state index contributed by atoms with van der Waals surface area (Å²) in [5.41, 5.74) is 0.293. The molecule has 0 bridgehead atoms. The Balaban J connectivity index is 2.04. The second-order valence-electron chi connectivity index (χ2n) is 4.84. The molecule has 2 heterocycles. The number of hydrogen-bond acceptors (Lipinski definition) is 4. The number of halogens is 1. The molecule has 0 saturated heterocycles. The summed E-state index contributed by atoms with van der Waals surface area (Å²) in [6, 6.07) is 2.92. The number of rotatable bonds is 6. The molecule has 2 rings (SSSR count). The third-order valence-electron chi connectivity index (χ3n) is 3.23. The summed E-state index contributed by atoms with van der Waals surface area (Å²) in [6.45, 7) is 6.66. The van der Waals surface area contributed by atoms with E-state index in [2.05, 4.69) is 37.4 Å². The molecule has 0 aliphatic rings. The van der Waals surface area contributed by atoms with Crippen LogP contribution in [0.3, 0.4) is 0 Å². The van der Waals surface area contributed by atoms with E-state index >= 15 is 0 Å². The SMILES string of the molecule is C=CCNC(=NCc1ncccc1F)NCc1nnc(C)n1C. The Hall–Kier alpha value is -2.77. The molecule has 2 aromatic rings. The minimum atomic E-state index is -0.372. The zero-order valence-electron chi connectivity index (χ0n) is 13.3. The Morgan fingerprint density at radius 1 is 1.43 bits per heavy atom. The standard InChI is InChI=1S/C15H20FN7/c1-4-7-18-15(19-9-13-12(16)6-5-8-17-13)20-10-14-22-21-11(2)23(14)3/h4-6,8H,1,7,9-10H2,2-3H3,(H2,18,19,20). The van der Waals surface area contributed by atoms with Crippen LogP contribution in [0.5, 0.6) is 0 Å². The van der Waals surface area contributed by atoms with Gasteiger partial charge < -0.3 is 15.2 Å². The molecule has 0 unspecified atom stereocenters. The van der Waals surface area contributed by atoms with Gasteiger partial charge >= 0.3 is 0 Å². The molecule has 0 aliphatic heterocycles. The van der Waals surface area contributed by atoms with Gasteiger partial charge in [-0.1, -0.05) is 6.08 Å². The van der Waals surface area contributed by atoms with Crippen LogP contribution in [0.2, 0.25) is 0 Å². The van der Waals surface area contributed by atoms with E-state index in [-0.39, 0.29) is 12.4 Å². The Morgan fingerprint density at radius 3 is 2.91 bits per heavy atom. The molecule has 2 N–H and O–H groups in total. The summed E-state index contributed by atoms with van der Waals surface area (Å²) in [7, 11) is 1.89. The Labute approximate surface area is 134 Å². The molecule has 0 aliphatic carbocycles. The molecular weight excluding hydrogens is 297 g/mol. The van der Waals surface area contributed by atoms with Crippen molar-refractivity contribution < 1.29 is 4.39 Å². The lowest BCUT2D eigenvalue weighted by molar-refractivity contribution is 0.599. The highest BCUT2D eigenvalue weighted by molar-refractivity contribution is 5.79. The Kier molecular flexibility index (Phi) is 5.79. The zero-order valence-corrected chi connectivity index (χ0v) is 13.3. The summed E-state index contributed by atoms with van der Waals surface area (Å²) in [5, 5.41) is 14.3. The average molecular weight is 317 g/mol. The lowest BCUT2D eigenvalue weighted by Gasteiger charge is -2.11. The lowest BCUT2D eigenvalue weighted by Crippen LogP contribution is -2.37. The van der Waals surface area contributed by atoms with Crippen molar-refractivity contribution in [2.45, 2.75) is 20.0 Å². The highest BCUT2D eigenvalue weighted by Crippen LogP contribution is 2.03. The summed E-state index contributed by atoms with van der Waals surface area (Å²) in [5.74, 6) is 1.76. The van der Waals surface area contributed by atoms with Crippen molar-refractivity contribution in [1.29, 1.82) is 0 Å². The zero-order chi connectivity index (χ0) is 16.7. The number of aliphatic imine (C=N–C) groups is 1. The average Bonchev–Trinajstić information content (AvgIpc) is 2.87. The second kappa shape index (κ2) is 8.02. The van der Waals surface area contributed by atoms with Gasteiger partial charge in [0.2, 0.25) is 0 Å². The van der Waals surface area contributed by atoms with Crippen molar-refractivity contribution in [3.8, 4) is 0 Å². The monoisotopic (exact) mass is 317 g/mol. The highest BCUT2D eigenvalue weighted by atomic mass is 19.1. The fourth-order valence-electron chi connectivity index (χ4n) is 1.80. The van der Waals surface area contributed by atoms with Gasteiger partial charge in [0.05, 0.1) is 18.8 Å². The lowest BCUT2D eigenvalue weighted by atomic mass is 10.3. The van der Waals surface area contributed by atoms with Crippen LogP contribution in [0.1, 0.15) is 17.3 Å². The van der Waals surface area contributed by atoms with Gasteiger partial charge in [0.15, 0.2) is 11.8 Å². The fraction of sp³-hybridized carbons (Fsp3) is 0.333. The molecule has 122 valence electrons. The molecule has 0 fully saturated rings. The highest BCUT2D eigenvalue weighted by Gasteiger charge is 2.07. The topological polar surface area (TPSA) is 80.0 Å². The number of nitrogens with one attached hydrogen (secondary N) is 2. The van der Waals surface area contributed by atoms with Crippen LogP contribution >= 0.6 is 0 Å². The Morgan fingerprint density at radius 2 is 2.26 bits per heavy atom. The smallest absolute Gasteiger partial charge is 0.192 e. The van der Waals surface area contributed by atoms with Gasteiger partial charge in [-0.25, -0.2) is 9.38 Å². The van der Waals surface area contributed by atoms with Gasteiger partial charge in [0.1, 0.15) is 11.6 Å². The van der Waals surface area contributed by atoms with Crippen LogP contribution in [0, 0.1) is 12.7 Å². The second-order valence-corrected chi connectivity index (χ2v) is 4.84. The summed E-state index contributed by atoms with van der Waals surface area (Å²) in [4.78, 5) is 8.31. The van der Waals surface area contributed by atoms with E-state index in [9.17, 15) is 4.39 Å². The largest absolute Gasteiger partial charge is 0.353 e. The number of guanidine groups is 1. The molecule has 23 heavy (non-hydrogen) atoms. The van der Waals surface area contributed by atoms with Crippen molar-refractivity contribution in [2.75, 3.05) is 6.54 Å². The predicted octanol–water partition coefficient (Wildman–Crippen LogP) is 1.08. The van der Waals surface area contributed by atoms with Gasteiger partial charge in [-0.3, -0.25) is 4.98 Å². The normalized spacial score (nSPS) is 11.3. The number of hydrogen-bond donors (Lipinski definition) is 2. The molecule has 0 radical (unpaired) electrons. The third kappa shape index (κ3) is 4.60. The van der Waals surface area contributed by atoms with Crippen LogP contribution in [0.25, 0.3) is 0 Å². The van der Waals surface area contributed by atoms with Crippen LogP contribution in [-0.4, -0.2) is 32.3 Å². The molecule has 0 amide bonds. The Bertz CT molecular complexity index is 693. The first-order chi connectivity index (χ1) is 11.1. The third-order valence-corrected chi connectivity index (χ3v) is 3.23. The van der Waals surface area contributed by atoms with Gasteiger partial charge in [0, 0.05) is 19.8 Å². The van der Waals surface area contributed by atoms with Crippen molar-refractivity contribution in [2.24, 2.45) is 12.0 Å². The molecule has 0 spiro atoms. The number of aryl methyl sites for hydroxylation is 1. The van der Waals surface area contributed by atoms with Crippen LogP contribution in [-0.2, 0) is 20.1 Å². The van der Waals surface area contributed by atoms with Gasteiger partial charge in [-0.05, 0) is 19.1 Å². The maximum atomic E-state index is 13.6. The first kappa shape index (κ1) is 16.6. The van der Waals surface area contributed by atoms with Crippen molar-refractivity contribution in [3.05, 3.63) is 54.1 Å². The van der Waals surface area contributed by atoms with Gasteiger partial charge in [-0.2, -0.15) is 0 Å². The van der Waals surface area contributed by atoms with E-state index in [1.54, 1.807) is 18.3 Å². The predicted molar refractivity (Wildman–Crippen MR) is 86.1 cm³/mol. The van der Waals surface area contributed by atoms with Crippen molar-refractivity contribution >= 4 is 5.96 Å². The maximum Gasteiger partial charge on any atom is 0.192 e. The first-order valence-corrected chi connectivity index (χ1v) is 7.19. The first-order valence-electron chi connectivity index (χ1n) is 7.19. The summed E-state index contributed by atoms with van der Waals surface area (Å²) in [6.07, 6.45) is 3.26. The van der Waals surface area contributed by atoms with E-state index in [1.807, 2.05) is 18.5 Å². The molecule has 0 aromatic carbocycles. The quantitative estimate of drug-likeness (QED) is 0.473. The molecular formula is C15H20FN7. The molecule has 8 heteroatoms. The minimum Gasteiger partial charge on any atom is -0.353 e. The molecule has 7 nitrogen and oxygen atoms in total. The minimum absolute atomic E-state index is 0.136. The number of pyridine rings is 1. The van der Waals surface area contributed by atoms with E-state index in [1.165, 1.54) is 6.07 Å². The molecule has 2 aromatic heterocycles. The van der Waals surface area contributed by atoms with Crippen molar-refractivity contribution in [1.82, 2.24) is 30.4 Å². The number of aromatic nitrogens is 4. The van der Waals surface area contributed by atoms with E-state index in [0.717, 1.165) is 11.6 Å². The maximum absolute atomic E-state index is 13.6. The fourth-order valence-corrected chi connectivity index (χ4v) is 1.80. The number of nitrogens with zero attached hydrogens (tertiary/aromatic N) is 5. The molecule has 0 atom stereocenters. The van der Waals surface area contributed by atoms with Crippen LogP contribution in [0.4, 0.5) is 4.39 Å². The van der Waals surface area contributed by atoms with E-state index in [4.69, 9.17) is 0 Å². The summed E-state index contributed by atoms with van der Waals surface area (Å²) >= 11 is 0. The summed E-state index contributed by atoms with van der Waals surface area (Å²) < 4.78 is 15.5. The van der Waals surface area contributed by atoms with Gasteiger partial charge in [0.25, 0.3) is 0 Å². The van der Waals surface area contributed by atoms with Crippen molar-refractivity contribution in [3.63, 3.8) is 0 Å². The van der Waals surface area contributed by atoms with E-state index in [0.29, 0.717) is 24.7 Å².